The molecule has 0 spiro atoms. The molecule has 0 aliphatic rings. The molecule has 7 heteroatoms. The minimum absolute atomic E-state index is 0.0277. The van der Waals surface area contributed by atoms with Crippen molar-refractivity contribution in [2.75, 3.05) is 19.5 Å². The van der Waals surface area contributed by atoms with Crippen LogP contribution in [0.25, 0.3) is 0 Å². The number of benzene rings is 3. The fourth-order valence-electron chi connectivity index (χ4n) is 3.92. The first-order chi connectivity index (χ1) is 16.4. The van der Waals surface area contributed by atoms with Gasteiger partial charge >= 0.3 is 0 Å². The summed E-state index contributed by atoms with van der Waals surface area (Å²) in [6.45, 7) is 1.97. The van der Waals surface area contributed by atoms with Crippen molar-refractivity contribution < 1.29 is 13.9 Å². The third kappa shape index (κ3) is 4.70. The van der Waals surface area contributed by atoms with Crippen LogP contribution in [0.3, 0.4) is 0 Å². The SMILES string of the molecule is COc1ccc(C(N[C@@H](C)c2cccc(F)c2)c2cccc(Nc3c(OC)c(=O)c3=O)c2)cc1. The van der Waals surface area contributed by atoms with Gasteiger partial charge in [-0.25, -0.2) is 4.39 Å². The Hall–Kier alpha value is -3.97. The van der Waals surface area contributed by atoms with Gasteiger partial charge in [0.15, 0.2) is 5.75 Å². The maximum absolute atomic E-state index is 13.8. The third-order valence-electron chi connectivity index (χ3n) is 5.77. The molecule has 0 radical (unpaired) electrons. The summed E-state index contributed by atoms with van der Waals surface area (Å²) in [4.78, 5) is 23.6. The van der Waals surface area contributed by atoms with Gasteiger partial charge in [-0.3, -0.25) is 14.9 Å². The molecule has 4 aromatic carbocycles. The number of nitrogens with one attached hydrogen (secondary N) is 2. The van der Waals surface area contributed by atoms with Crippen molar-refractivity contribution in [1.29, 1.82) is 0 Å². The number of anilines is 2. The molecule has 0 saturated heterocycles. The summed E-state index contributed by atoms with van der Waals surface area (Å²) >= 11 is 0. The summed E-state index contributed by atoms with van der Waals surface area (Å²) in [5.41, 5.74) is 2.26. The molecule has 0 aliphatic carbocycles. The van der Waals surface area contributed by atoms with Crippen molar-refractivity contribution in [3.63, 3.8) is 0 Å². The van der Waals surface area contributed by atoms with Crippen LogP contribution in [0.5, 0.6) is 11.5 Å². The lowest BCUT2D eigenvalue weighted by Crippen LogP contribution is -2.34. The Balaban J connectivity index is 1.68. The van der Waals surface area contributed by atoms with Gasteiger partial charge < -0.3 is 14.8 Å². The Morgan fingerprint density at radius 2 is 1.50 bits per heavy atom. The highest BCUT2D eigenvalue weighted by atomic mass is 19.1. The van der Waals surface area contributed by atoms with Gasteiger partial charge in [0.05, 0.1) is 20.3 Å². The van der Waals surface area contributed by atoms with Crippen molar-refractivity contribution in [3.8, 4) is 11.5 Å². The van der Waals surface area contributed by atoms with E-state index in [-0.39, 0.29) is 29.3 Å². The summed E-state index contributed by atoms with van der Waals surface area (Å²) in [5, 5.41) is 6.59. The van der Waals surface area contributed by atoms with E-state index in [0.29, 0.717) is 5.69 Å². The second-order valence-electron chi connectivity index (χ2n) is 7.97. The Morgan fingerprint density at radius 1 is 0.794 bits per heavy atom. The largest absolute Gasteiger partial charge is 0.497 e. The zero-order chi connectivity index (χ0) is 24.2. The lowest BCUT2D eigenvalue weighted by molar-refractivity contribution is 0.408. The van der Waals surface area contributed by atoms with E-state index in [0.717, 1.165) is 22.4 Å². The standard InChI is InChI=1S/C27H25FN2O4/c1-16(18-6-4-8-20(28)14-18)29-23(17-10-12-22(33-2)13-11-17)19-7-5-9-21(15-19)30-24-25(31)26(32)27(24)34-3/h4-16,23,29-30H,1-3H3/t16-,23?/m0/s1. The fourth-order valence-corrected chi connectivity index (χ4v) is 3.92. The molecular formula is C27H25FN2O4. The van der Waals surface area contributed by atoms with Crippen LogP contribution in [0.1, 0.15) is 35.7 Å². The van der Waals surface area contributed by atoms with Crippen LogP contribution in [-0.2, 0) is 0 Å². The summed E-state index contributed by atoms with van der Waals surface area (Å²) in [7, 11) is 2.97. The Kier molecular flexibility index (Phi) is 6.75. The van der Waals surface area contributed by atoms with Crippen LogP contribution in [-0.4, -0.2) is 14.2 Å². The molecule has 34 heavy (non-hydrogen) atoms. The number of halogens is 1. The van der Waals surface area contributed by atoms with E-state index in [4.69, 9.17) is 9.47 Å². The summed E-state index contributed by atoms with van der Waals surface area (Å²) < 4.78 is 24.1. The van der Waals surface area contributed by atoms with E-state index < -0.39 is 10.9 Å². The number of hydrogen-bond donors (Lipinski definition) is 2. The molecule has 0 aromatic heterocycles. The van der Waals surface area contributed by atoms with Crippen LogP contribution < -0.4 is 31.0 Å². The van der Waals surface area contributed by atoms with Crippen LogP contribution >= 0.6 is 0 Å². The van der Waals surface area contributed by atoms with E-state index in [1.54, 1.807) is 19.2 Å². The van der Waals surface area contributed by atoms with Crippen molar-refractivity contribution >= 4 is 11.4 Å². The summed E-state index contributed by atoms with van der Waals surface area (Å²) in [6.07, 6.45) is 0. The first-order valence-electron chi connectivity index (χ1n) is 10.8. The number of hydrogen-bond acceptors (Lipinski definition) is 6. The smallest absolute Gasteiger partial charge is 0.272 e. The molecule has 2 atom stereocenters. The first-order valence-corrected chi connectivity index (χ1v) is 10.8. The highest BCUT2D eigenvalue weighted by molar-refractivity contribution is 5.70. The van der Waals surface area contributed by atoms with E-state index in [9.17, 15) is 14.0 Å². The molecule has 2 N–H and O–H groups in total. The molecule has 0 aliphatic heterocycles. The average molecular weight is 461 g/mol. The molecular weight excluding hydrogens is 435 g/mol. The van der Waals surface area contributed by atoms with Crippen LogP contribution in [0.15, 0.2) is 82.4 Å². The van der Waals surface area contributed by atoms with Crippen LogP contribution in [0, 0.1) is 5.82 Å². The van der Waals surface area contributed by atoms with Gasteiger partial charge in [0, 0.05) is 11.7 Å². The topological polar surface area (TPSA) is 76.7 Å². The van der Waals surface area contributed by atoms with Crippen LogP contribution in [0.4, 0.5) is 15.8 Å². The minimum Gasteiger partial charge on any atom is -0.497 e. The summed E-state index contributed by atoms with van der Waals surface area (Å²) in [6, 6.07) is 21.3. The first kappa shape index (κ1) is 23.2. The average Bonchev–Trinajstić information content (AvgIpc) is 2.87. The van der Waals surface area contributed by atoms with Crippen molar-refractivity contribution in [1.82, 2.24) is 5.32 Å². The number of ether oxygens (including phenoxy) is 2. The predicted octanol–water partition coefficient (Wildman–Crippen LogP) is 4.62. The molecule has 0 amide bonds. The van der Waals surface area contributed by atoms with E-state index >= 15 is 0 Å². The fraction of sp³-hybridized carbons (Fsp3) is 0.185. The quantitative estimate of drug-likeness (QED) is 0.355. The lowest BCUT2D eigenvalue weighted by atomic mass is 9.96. The van der Waals surface area contributed by atoms with Gasteiger partial charge in [0.2, 0.25) is 0 Å². The zero-order valence-corrected chi connectivity index (χ0v) is 19.1. The normalized spacial score (nSPS) is 12.8. The number of rotatable bonds is 9. The minimum atomic E-state index is -0.636. The molecule has 0 saturated carbocycles. The molecule has 0 bridgehead atoms. The van der Waals surface area contributed by atoms with Gasteiger partial charge in [0.25, 0.3) is 10.9 Å². The van der Waals surface area contributed by atoms with Crippen molar-refractivity contribution in [2.24, 2.45) is 0 Å². The Bertz CT molecular complexity index is 1360. The second kappa shape index (κ2) is 9.89. The molecule has 1 unspecified atom stereocenters. The predicted molar refractivity (Wildman–Crippen MR) is 130 cm³/mol. The maximum Gasteiger partial charge on any atom is 0.272 e. The van der Waals surface area contributed by atoms with E-state index in [2.05, 4.69) is 10.6 Å². The Morgan fingerprint density at radius 3 is 2.18 bits per heavy atom. The molecule has 6 nitrogen and oxygen atoms in total. The Labute approximate surface area is 196 Å². The van der Waals surface area contributed by atoms with Gasteiger partial charge in [-0.15, -0.1) is 0 Å². The molecule has 0 fully saturated rings. The van der Waals surface area contributed by atoms with Crippen molar-refractivity contribution in [3.05, 3.63) is 116 Å². The zero-order valence-electron chi connectivity index (χ0n) is 19.1. The second-order valence-corrected chi connectivity index (χ2v) is 7.97. The molecule has 4 rings (SSSR count). The monoisotopic (exact) mass is 460 g/mol. The van der Waals surface area contributed by atoms with Gasteiger partial charge in [-0.05, 0) is 60.0 Å². The third-order valence-corrected chi connectivity index (χ3v) is 5.77. The van der Waals surface area contributed by atoms with Gasteiger partial charge in [-0.1, -0.05) is 36.4 Å². The van der Waals surface area contributed by atoms with Gasteiger partial charge in [-0.2, -0.15) is 0 Å². The molecule has 4 aromatic rings. The van der Waals surface area contributed by atoms with E-state index in [1.165, 1.54) is 19.2 Å². The highest BCUT2D eigenvalue weighted by Gasteiger charge is 2.23. The maximum atomic E-state index is 13.8. The van der Waals surface area contributed by atoms with Gasteiger partial charge in [0.1, 0.15) is 17.3 Å². The number of methoxy groups -OCH3 is 2. The highest BCUT2D eigenvalue weighted by Crippen LogP contribution is 2.30. The summed E-state index contributed by atoms with van der Waals surface area (Å²) in [5.74, 6) is 0.475. The van der Waals surface area contributed by atoms with E-state index in [1.807, 2.05) is 55.5 Å². The van der Waals surface area contributed by atoms with Crippen LogP contribution in [0.2, 0.25) is 0 Å². The molecule has 174 valence electrons. The molecule has 0 heterocycles. The lowest BCUT2D eigenvalue weighted by Gasteiger charge is -2.25. The van der Waals surface area contributed by atoms with Crippen molar-refractivity contribution in [2.45, 2.75) is 19.0 Å².